The standard InChI is InChI=1S/C20H27N3OS/c1-24-16-9-10-17-14(11-16)3-2-4-18-19(17)23-20(25-18)22-15-7-5-13(12-21)6-8-15/h9-11,13,15H,2-8,12,21H2,1H3,(H,22,23). The van der Waals surface area contributed by atoms with Crippen LogP contribution in [0.1, 0.15) is 42.5 Å². The van der Waals surface area contributed by atoms with Crippen molar-refractivity contribution in [2.45, 2.75) is 51.0 Å². The minimum atomic E-state index is 0.549. The topological polar surface area (TPSA) is 60.2 Å². The van der Waals surface area contributed by atoms with Gasteiger partial charge >= 0.3 is 0 Å². The molecule has 1 fully saturated rings. The van der Waals surface area contributed by atoms with E-state index in [4.69, 9.17) is 15.5 Å². The van der Waals surface area contributed by atoms with E-state index in [0.29, 0.717) is 12.0 Å². The number of hydrogen-bond donors (Lipinski definition) is 2. The van der Waals surface area contributed by atoms with Crippen molar-refractivity contribution in [3.63, 3.8) is 0 Å². The maximum Gasteiger partial charge on any atom is 0.183 e. The fourth-order valence-corrected chi connectivity index (χ4v) is 5.18. The molecular weight excluding hydrogens is 330 g/mol. The maximum absolute atomic E-state index is 5.81. The number of anilines is 1. The first-order valence-electron chi connectivity index (χ1n) is 9.40. The van der Waals surface area contributed by atoms with Crippen LogP contribution < -0.4 is 15.8 Å². The second-order valence-electron chi connectivity index (χ2n) is 7.27. The zero-order valence-corrected chi connectivity index (χ0v) is 15.7. The first kappa shape index (κ1) is 16.9. The molecule has 0 atom stereocenters. The number of rotatable bonds is 4. The van der Waals surface area contributed by atoms with Crippen molar-refractivity contribution in [1.29, 1.82) is 0 Å². The predicted octanol–water partition coefficient (Wildman–Crippen LogP) is 4.24. The number of fused-ring (bicyclic) bond motifs is 3. The van der Waals surface area contributed by atoms with Gasteiger partial charge in [-0.15, -0.1) is 11.3 Å². The van der Waals surface area contributed by atoms with Crippen molar-refractivity contribution in [1.82, 2.24) is 4.98 Å². The van der Waals surface area contributed by atoms with Gasteiger partial charge in [0.25, 0.3) is 0 Å². The van der Waals surface area contributed by atoms with Gasteiger partial charge in [-0.3, -0.25) is 0 Å². The van der Waals surface area contributed by atoms with Gasteiger partial charge in [-0.25, -0.2) is 4.98 Å². The van der Waals surface area contributed by atoms with Gasteiger partial charge in [-0.1, -0.05) is 0 Å². The number of nitrogens with zero attached hydrogens (tertiary/aromatic N) is 1. The molecular formula is C20H27N3OS. The summed E-state index contributed by atoms with van der Waals surface area (Å²) >= 11 is 1.84. The Morgan fingerprint density at radius 2 is 2.08 bits per heavy atom. The van der Waals surface area contributed by atoms with Gasteiger partial charge in [0, 0.05) is 16.5 Å². The number of aryl methyl sites for hydroxylation is 2. The fraction of sp³-hybridized carbons (Fsp3) is 0.550. The molecule has 3 N–H and O–H groups in total. The van der Waals surface area contributed by atoms with Crippen molar-refractivity contribution in [3.8, 4) is 17.0 Å². The number of aromatic nitrogens is 1. The molecule has 0 saturated heterocycles. The number of thiazole rings is 1. The minimum absolute atomic E-state index is 0.549. The molecule has 1 saturated carbocycles. The molecule has 0 amide bonds. The third-order valence-electron chi connectivity index (χ3n) is 5.62. The Morgan fingerprint density at radius 3 is 2.84 bits per heavy atom. The highest BCUT2D eigenvalue weighted by atomic mass is 32.1. The van der Waals surface area contributed by atoms with E-state index in [1.165, 1.54) is 53.8 Å². The Kier molecular flexibility index (Phi) is 4.95. The Bertz CT molecular complexity index is 735. The normalized spacial score (nSPS) is 22.6. The predicted molar refractivity (Wildman–Crippen MR) is 105 cm³/mol. The molecule has 2 aliphatic rings. The van der Waals surface area contributed by atoms with Crippen LogP contribution >= 0.6 is 11.3 Å². The van der Waals surface area contributed by atoms with Crippen molar-refractivity contribution in [2.75, 3.05) is 19.0 Å². The average Bonchev–Trinajstić information content (AvgIpc) is 2.96. The zero-order valence-electron chi connectivity index (χ0n) is 14.9. The van der Waals surface area contributed by atoms with Crippen molar-refractivity contribution in [3.05, 3.63) is 28.6 Å². The number of ether oxygens (including phenoxy) is 1. The van der Waals surface area contributed by atoms with E-state index < -0.39 is 0 Å². The number of nitrogens with one attached hydrogen (secondary N) is 1. The summed E-state index contributed by atoms with van der Waals surface area (Å²) in [6.07, 6.45) is 8.28. The number of hydrogen-bond acceptors (Lipinski definition) is 5. The molecule has 0 spiro atoms. The highest BCUT2D eigenvalue weighted by molar-refractivity contribution is 7.16. The summed E-state index contributed by atoms with van der Waals surface area (Å²) in [5, 5.41) is 4.79. The van der Waals surface area contributed by atoms with Gasteiger partial charge in [0.15, 0.2) is 5.13 Å². The van der Waals surface area contributed by atoms with Crippen LogP contribution in [0, 0.1) is 5.92 Å². The van der Waals surface area contributed by atoms with E-state index in [0.717, 1.165) is 30.3 Å². The van der Waals surface area contributed by atoms with E-state index in [2.05, 4.69) is 23.5 Å². The van der Waals surface area contributed by atoms with E-state index >= 15 is 0 Å². The first-order chi connectivity index (χ1) is 12.3. The highest BCUT2D eigenvalue weighted by Gasteiger charge is 2.23. The molecule has 0 unspecified atom stereocenters. The van der Waals surface area contributed by atoms with Crippen LogP contribution in [-0.2, 0) is 12.8 Å². The Hall–Kier alpha value is -1.59. The van der Waals surface area contributed by atoms with E-state index in [9.17, 15) is 0 Å². The number of nitrogens with two attached hydrogens (primary N) is 1. The molecule has 134 valence electrons. The van der Waals surface area contributed by atoms with Crippen LogP contribution in [0.4, 0.5) is 5.13 Å². The van der Waals surface area contributed by atoms with Gasteiger partial charge in [-0.2, -0.15) is 0 Å². The number of benzene rings is 1. The second kappa shape index (κ2) is 7.34. The van der Waals surface area contributed by atoms with E-state index in [-0.39, 0.29) is 0 Å². The molecule has 1 aromatic heterocycles. The minimum Gasteiger partial charge on any atom is -0.497 e. The fourth-order valence-electron chi connectivity index (χ4n) is 4.08. The van der Waals surface area contributed by atoms with Gasteiger partial charge in [-0.05, 0) is 81.2 Å². The van der Waals surface area contributed by atoms with E-state index in [1.54, 1.807) is 7.11 Å². The molecule has 4 rings (SSSR count). The summed E-state index contributed by atoms with van der Waals surface area (Å²) in [7, 11) is 1.73. The first-order valence-corrected chi connectivity index (χ1v) is 10.2. The largest absolute Gasteiger partial charge is 0.497 e. The quantitative estimate of drug-likeness (QED) is 0.859. The SMILES string of the molecule is COc1ccc2c(c1)CCCc1sc(NC3CCC(CN)CC3)nc1-2. The Balaban J connectivity index is 1.55. The van der Waals surface area contributed by atoms with Gasteiger partial charge in [0.1, 0.15) is 5.75 Å². The molecule has 1 aromatic carbocycles. The molecule has 0 bridgehead atoms. The molecule has 25 heavy (non-hydrogen) atoms. The van der Waals surface area contributed by atoms with Gasteiger partial charge in [0.2, 0.25) is 0 Å². The van der Waals surface area contributed by atoms with Crippen LogP contribution in [0.2, 0.25) is 0 Å². The van der Waals surface area contributed by atoms with Gasteiger partial charge < -0.3 is 15.8 Å². The smallest absolute Gasteiger partial charge is 0.183 e. The maximum atomic E-state index is 5.81. The van der Waals surface area contributed by atoms with Crippen molar-refractivity contribution in [2.24, 2.45) is 11.7 Å². The monoisotopic (exact) mass is 357 g/mol. The summed E-state index contributed by atoms with van der Waals surface area (Å²) in [6, 6.07) is 6.95. The summed E-state index contributed by atoms with van der Waals surface area (Å²) in [5.74, 6) is 1.65. The summed E-state index contributed by atoms with van der Waals surface area (Å²) in [5.41, 5.74) is 9.63. The molecule has 4 nitrogen and oxygen atoms in total. The van der Waals surface area contributed by atoms with Crippen LogP contribution in [0.3, 0.4) is 0 Å². The Morgan fingerprint density at radius 1 is 1.24 bits per heavy atom. The van der Waals surface area contributed by atoms with Crippen molar-refractivity contribution < 1.29 is 4.74 Å². The molecule has 1 heterocycles. The molecule has 0 aliphatic heterocycles. The van der Waals surface area contributed by atoms with Crippen LogP contribution in [0.5, 0.6) is 5.75 Å². The lowest BCUT2D eigenvalue weighted by molar-refractivity contribution is 0.345. The molecule has 5 heteroatoms. The third-order valence-corrected chi connectivity index (χ3v) is 6.67. The molecule has 0 radical (unpaired) electrons. The summed E-state index contributed by atoms with van der Waals surface area (Å²) in [6.45, 7) is 0.832. The van der Waals surface area contributed by atoms with Crippen LogP contribution in [0.15, 0.2) is 18.2 Å². The van der Waals surface area contributed by atoms with Gasteiger partial charge in [0.05, 0.1) is 12.8 Å². The second-order valence-corrected chi connectivity index (χ2v) is 8.35. The Labute approximate surface area is 153 Å². The molecule has 2 aromatic rings. The molecule has 2 aliphatic carbocycles. The zero-order chi connectivity index (χ0) is 17.2. The average molecular weight is 358 g/mol. The lowest BCUT2D eigenvalue weighted by atomic mass is 9.86. The van der Waals surface area contributed by atoms with E-state index in [1.807, 2.05) is 11.3 Å². The lowest BCUT2D eigenvalue weighted by Crippen LogP contribution is -2.29. The third kappa shape index (κ3) is 3.53. The summed E-state index contributed by atoms with van der Waals surface area (Å²) < 4.78 is 5.39. The lowest BCUT2D eigenvalue weighted by Gasteiger charge is -2.28. The summed E-state index contributed by atoms with van der Waals surface area (Å²) in [4.78, 5) is 6.40. The highest BCUT2D eigenvalue weighted by Crippen LogP contribution is 2.39. The van der Waals surface area contributed by atoms with Crippen LogP contribution in [0.25, 0.3) is 11.3 Å². The number of methoxy groups -OCH3 is 1. The van der Waals surface area contributed by atoms with Crippen molar-refractivity contribution >= 4 is 16.5 Å². The van der Waals surface area contributed by atoms with Crippen LogP contribution in [-0.4, -0.2) is 24.7 Å².